The molecule has 1 unspecified atom stereocenters. The third-order valence-corrected chi connectivity index (χ3v) is 17.2. The van der Waals surface area contributed by atoms with Gasteiger partial charge in [-0.05, 0) is 51.4 Å². The molecule has 6 nitrogen and oxygen atoms in total. The molecule has 0 aliphatic rings. The van der Waals surface area contributed by atoms with Gasteiger partial charge in [0.25, 0.3) is 0 Å². The van der Waals surface area contributed by atoms with Gasteiger partial charge in [0.15, 0.2) is 6.10 Å². The van der Waals surface area contributed by atoms with Crippen LogP contribution < -0.4 is 0 Å². The van der Waals surface area contributed by atoms with Crippen LogP contribution in [-0.2, 0) is 28.6 Å². The lowest BCUT2D eigenvalue weighted by molar-refractivity contribution is -0.167. The molecule has 0 saturated heterocycles. The fourth-order valence-electron chi connectivity index (χ4n) is 11.6. The standard InChI is InChI=1S/C76H144O6/c1-4-7-10-13-16-19-22-25-28-31-34-35-36-37-38-39-40-41-43-45-48-51-54-57-60-63-66-69-75(78)81-72-73(71-80-74(77)68-65-62-59-56-53-50-47-44-33-30-27-24-21-18-15-12-9-6-3)82-76(79)70-67-64-61-58-55-52-49-46-42-32-29-26-23-20-17-14-11-8-5-2/h22,25,31,34,73H,4-21,23-24,26-30,32-33,35-72H2,1-3H3/b25-22-,34-31-. The second-order valence-electron chi connectivity index (χ2n) is 25.6. The van der Waals surface area contributed by atoms with Crippen LogP contribution >= 0.6 is 0 Å². The van der Waals surface area contributed by atoms with Crippen LogP contribution in [0.15, 0.2) is 24.3 Å². The van der Waals surface area contributed by atoms with Crippen molar-refractivity contribution in [2.24, 2.45) is 0 Å². The molecule has 0 aromatic rings. The quantitative estimate of drug-likeness (QED) is 0.0261. The maximum atomic E-state index is 13.0. The zero-order valence-corrected chi connectivity index (χ0v) is 55.8. The van der Waals surface area contributed by atoms with Gasteiger partial charge in [0.2, 0.25) is 0 Å². The number of hydrogen-bond acceptors (Lipinski definition) is 6. The van der Waals surface area contributed by atoms with E-state index in [4.69, 9.17) is 14.2 Å². The van der Waals surface area contributed by atoms with Crippen LogP contribution in [-0.4, -0.2) is 37.2 Å². The lowest BCUT2D eigenvalue weighted by atomic mass is 10.0. The Hall–Kier alpha value is -2.11. The first-order chi connectivity index (χ1) is 40.5. The van der Waals surface area contributed by atoms with Crippen LogP contribution in [0.3, 0.4) is 0 Å². The molecule has 0 fully saturated rings. The molecule has 1 atom stereocenters. The first-order valence-electron chi connectivity index (χ1n) is 37.3. The van der Waals surface area contributed by atoms with Crippen LogP contribution in [0.4, 0.5) is 0 Å². The maximum absolute atomic E-state index is 13.0. The van der Waals surface area contributed by atoms with Gasteiger partial charge in [0, 0.05) is 19.3 Å². The minimum Gasteiger partial charge on any atom is -0.462 e. The number of rotatable bonds is 70. The summed E-state index contributed by atoms with van der Waals surface area (Å²) in [5, 5.41) is 0. The Balaban J connectivity index is 4.25. The predicted octanol–water partition coefficient (Wildman–Crippen LogP) is 25.7. The van der Waals surface area contributed by atoms with Gasteiger partial charge in [-0.25, -0.2) is 0 Å². The van der Waals surface area contributed by atoms with Crippen LogP contribution in [0.2, 0.25) is 0 Å². The highest BCUT2D eigenvalue weighted by molar-refractivity contribution is 5.71. The highest BCUT2D eigenvalue weighted by atomic mass is 16.6. The lowest BCUT2D eigenvalue weighted by Gasteiger charge is -2.18. The highest BCUT2D eigenvalue weighted by Crippen LogP contribution is 2.19. The fourth-order valence-corrected chi connectivity index (χ4v) is 11.6. The molecule has 0 aliphatic carbocycles. The van der Waals surface area contributed by atoms with E-state index in [1.54, 1.807) is 0 Å². The van der Waals surface area contributed by atoms with Crippen LogP contribution in [0.25, 0.3) is 0 Å². The summed E-state index contributed by atoms with van der Waals surface area (Å²) in [4.78, 5) is 38.5. The number of ether oxygens (including phenoxy) is 3. The van der Waals surface area contributed by atoms with Crippen molar-refractivity contribution in [3.05, 3.63) is 24.3 Å². The van der Waals surface area contributed by atoms with Crippen LogP contribution in [0.5, 0.6) is 0 Å². The van der Waals surface area contributed by atoms with E-state index >= 15 is 0 Å². The number of esters is 3. The number of unbranched alkanes of at least 4 members (excludes halogenated alkanes) is 55. The molecule has 0 aliphatic heterocycles. The van der Waals surface area contributed by atoms with Crippen molar-refractivity contribution in [1.82, 2.24) is 0 Å². The third kappa shape index (κ3) is 68.7. The summed E-state index contributed by atoms with van der Waals surface area (Å²) >= 11 is 0. The number of allylic oxidation sites excluding steroid dienone is 4. The second kappa shape index (κ2) is 71.4. The van der Waals surface area contributed by atoms with Crippen LogP contribution in [0.1, 0.15) is 425 Å². The zero-order chi connectivity index (χ0) is 59.2. The van der Waals surface area contributed by atoms with Gasteiger partial charge in [-0.3, -0.25) is 14.4 Å². The number of carbonyl (C=O) groups is 3. The number of carbonyl (C=O) groups excluding carboxylic acids is 3. The largest absolute Gasteiger partial charge is 0.462 e. The van der Waals surface area contributed by atoms with E-state index in [9.17, 15) is 14.4 Å². The Morgan fingerprint density at radius 1 is 0.244 bits per heavy atom. The Labute approximate surface area is 513 Å². The Bertz CT molecular complexity index is 1320. The summed E-state index contributed by atoms with van der Waals surface area (Å²) in [5.74, 6) is -0.824. The molecule has 0 bridgehead atoms. The monoisotopic (exact) mass is 1150 g/mol. The summed E-state index contributed by atoms with van der Waals surface area (Å²) in [5.41, 5.74) is 0. The van der Waals surface area contributed by atoms with Crippen molar-refractivity contribution >= 4 is 17.9 Å². The Morgan fingerprint density at radius 3 is 0.671 bits per heavy atom. The van der Waals surface area contributed by atoms with Crippen molar-refractivity contribution in [2.45, 2.75) is 431 Å². The van der Waals surface area contributed by atoms with E-state index in [2.05, 4.69) is 45.1 Å². The minimum atomic E-state index is -0.768. The van der Waals surface area contributed by atoms with E-state index < -0.39 is 6.10 Å². The smallest absolute Gasteiger partial charge is 0.306 e. The maximum Gasteiger partial charge on any atom is 0.306 e. The van der Waals surface area contributed by atoms with E-state index in [1.807, 2.05) is 0 Å². The third-order valence-electron chi connectivity index (χ3n) is 17.2. The first kappa shape index (κ1) is 79.9. The van der Waals surface area contributed by atoms with E-state index in [1.165, 1.54) is 321 Å². The molecule has 82 heavy (non-hydrogen) atoms. The average molecular weight is 1150 g/mol. The summed E-state index contributed by atoms with van der Waals surface area (Å²) in [7, 11) is 0. The molecule has 0 spiro atoms. The van der Waals surface area contributed by atoms with Gasteiger partial charge in [-0.1, -0.05) is 379 Å². The molecule has 0 rings (SSSR count). The molecule has 0 aromatic carbocycles. The summed E-state index contributed by atoms with van der Waals surface area (Å²) in [6.07, 6.45) is 87.8. The molecule has 0 N–H and O–H groups in total. The van der Waals surface area contributed by atoms with Gasteiger partial charge in [0.1, 0.15) is 13.2 Å². The Kier molecular flexibility index (Phi) is 69.5. The van der Waals surface area contributed by atoms with Gasteiger partial charge >= 0.3 is 17.9 Å². The van der Waals surface area contributed by atoms with E-state index in [0.717, 1.165) is 64.2 Å². The van der Waals surface area contributed by atoms with Gasteiger partial charge in [-0.2, -0.15) is 0 Å². The van der Waals surface area contributed by atoms with Gasteiger partial charge in [0.05, 0.1) is 0 Å². The van der Waals surface area contributed by atoms with E-state index in [-0.39, 0.29) is 31.1 Å². The number of hydrogen-bond donors (Lipinski definition) is 0. The molecule has 0 heterocycles. The molecular weight excluding hydrogens is 1010 g/mol. The van der Waals surface area contributed by atoms with Crippen molar-refractivity contribution in [3.8, 4) is 0 Å². The normalized spacial score (nSPS) is 12.1. The van der Waals surface area contributed by atoms with Crippen molar-refractivity contribution in [2.75, 3.05) is 13.2 Å². The minimum absolute atomic E-state index is 0.0631. The summed E-state index contributed by atoms with van der Waals surface area (Å²) in [6, 6.07) is 0. The molecule has 484 valence electrons. The second-order valence-corrected chi connectivity index (χ2v) is 25.6. The Morgan fingerprint density at radius 2 is 0.439 bits per heavy atom. The van der Waals surface area contributed by atoms with Crippen molar-refractivity contribution in [3.63, 3.8) is 0 Å². The fraction of sp³-hybridized carbons (Fsp3) is 0.908. The molecule has 0 amide bonds. The topological polar surface area (TPSA) is 78.9 Å². The van der Waals surface area contributed by atoms with Crippen LogP contribution in [0, 0.1) is 0 Å². The first-order valence-corrected chi connectivity index (χ1v) is 37.3. The highest BCUT2D eigenvalue weighted by Gasteiger charge is 2.20. The van der Waals surface area contributed by atoms with Crippen molar-refractivity contribution < 1.29 is 28.6 Å². The SMILES string of the molecule is CCCCCCC/C=C\C/C=C\CCCCCCCCCCCCCCCCCC(=O)OCC(COC(=O)CCCCCCCCCCCCCCCCCCCC)OC(=O)CCCCCCCCCCCCCCCCCCCCC. The molecule has 0 aromatic heterocycles. The van der Waals surface area contributed by atoms with Gasteiger partial charge in [-0.15, -0.1) is 0 Å². The summed E-state index contributed by atoms with van der Waals surface area (Å²) < 4.78 is 17.1. The molecule has 0 radical (unpaired) electrons. The van der Waals surface area contributed by atoms with Gasteiger partial charge < -0.3 is 14.2 Å². The molecular formula is C76H144O6. The molecule has 6 heteroatoms. The summed E-state index contributed by atoms with van der Waals surface area (Å²) in [6.45, 7) is 6.73. The van der Waals surface area contributed by atoms with E-state index in [0.29, 0.717) is 19.3 Å². The lowest BCUT2D eigenvalue weighted by Crippen LogP contribution is -2.30. The average Bonchev–Trinajstić information content (AvgIpc) is 3.47. The predicted molar refractivity (Wildman–Crippen MR) is 358 cm³/mol. The van der Waals surface area contributed by atoms with Crippen molar-refractivity contribution in [1.29, 1.82) is 0 Å². The zero-order valence-electron chi connectivity index (χ0n) is 55.8. The molecule has 0 saturated carbocycles.